The number of hydrogen-bond donors (Lipinski definition) is 8. The summed E-state index contributed by atoms with van der Waals surface area (Å²) in [6.07, 6.45) is 3.65. The SMILES string of the molecule is CC(C)CC(NC(=O)C(N)Cc1c[nH]c2ccccc12)C(=O)NC(Cc1ccc(O)cc1)C(=O)NC(CCCCN)C(=O)O. The van der Waals surface area contributed by atoms with E-state index in [2.05, 4.69) is 20.9 Å². The average Bonchev–Trinajstić information content (AvgIpc) is 3.39. The van der Waals surface area contributed by atoms with Gasteiger partial charge in [0.05, 0.1) is 6.04 Å². The van der Waals surface area contributed by atoms with Gasteiger partial charge in [0.1, 0.15) is 23.9 Å². The fraction of sp³-hybridized carbons (Fsp3) is 0.438. The third-order valence-corrected chi connectivity index (χ3v) is 7.36. The van der Waals surface area contributed by atoms with Crippen molar-refractivity contribution in [1.29, 1.82) is 0 Å². The predicted molar refractivity (Wildman–Crippen MR) is 168 cm³/mol. The quantitative estimate of drug-likeness (QED) is 0.105. The molecule has 4 unspecified atom stereocenters. The second-order valence-electron chi connectivity index (χ2n) is 11.5. The number of aromatic nitrogens is 1. The predicted octanol–water partition coefficient (Wildman–Crippen LogP) is 1.70. The molecule has 0 fully saturated rings. The summed E-state index contributed by atoms with van der Waals surface area (Å²) in [5, 5.41) is 28.3. The molecule has 44 heavy (non-hydrogen) atoms. The second-order valence-corrected chi connectivity index (χ2v) is 11.5. The third kappa shape index (κ3) is 10.1. The van der Waals surface area contributed by atoms with Crippen LogP contribution in [0.2, 0.25) is 0 Å². The zero-order valence-corrected chi connectivity index (χ0v) is 25.2. The van der Waals surface area contributed by atoms with Crippen LogP contribution in [-0.2, 0) is 32.0 Å². The smallest absolute Gasteiger partial charge is 0.326 e. The number of amides is 3. The number of aromatic hydroxyl groups is 1. The molecule has 238 valence electrons. The number of rotatable bonds is 17. The van der Waals surface area contributed by atoms with Gasteiger partial charge in [-0.05, 0) is 73.9 Å². The van der Waals surface area contributed by atoms with Crippen molar-refractivity contribution in [2.75, 3.05) is 6.54 Å². The molecule has 3 amide bonds. The minimum atomic E-state index is -1.20. The number of carbonyl (C=O) groups excluding carboxylic acids is 3. The average molecular weight is 609 g/mol. The summed E-state index contributed by atoms with van der Waals surface area (Å²) in [5.41, 5.74) is 14.2. The van der Waals surface area contributed by atoms with Crippen molar-refractivity contribution in [2.24, 2.45) is 17.4 Å². The van der Waals surface area contributed by atoms with E-state index in [1.165, 1.54) is 12.1 Å². The molecule has 12 heteroatoms. The summed E-state index contributed by atoms with van der Waals surface area (Å²) >= 11 is 0. The van der Waals surface area contributed by atoms with E-state index < -0.39 is 47.9 Å². The number of carboxylic acids is 1. The highest BCUT2D eigenvalue weighted by Gasteiger charge is 2.31. The Kier molecular flexibility index (Phi) is 12.7. The van der Waals surface area contributed by atoms with Crippen LogP contribution in [0.15, 0.2) is 54.7 Å². The molecule has 0 bridgehead atoms. The van der Waals surface area contributed by atoms with Gasteiger partial charge in [-0.1, -0.05) is 44.2 Å². The first-order valence-electron chi connectivity index (χ1n) is 14.9. The number of aromatic amines is 1. The molecule has 2 aromatic carbocycles. The summed E-state index contributed by atoms with van der Waals surface area (Å²) in [4.78, 5) is 55.2. The van der Waals surface area contributed by atoms with Crippen molar-refractivity contribution in [3.05, 3.63) is 65.9 Å². The minimum Gasteiger partial charge on any atom is -0.508 e. The maximum absolute atomic E-state index is 13.6. The highest BCUT2D eigenvalue weighted by atomic mass is 16.4. The number of H-pyrrole nitrogens is 1. The molecular weight excluding hydrogens is 564 g/mol. The van der Waals surface area contributed by atoms with Crippen LogP contribution in [0.3, 0.4) is 0 Å². The Balaban J connectivity index is 1.76. The Labute approximate surface area is 257 Å². The number of para-hydroxylation sites is 1. The molecule has 0 spiro atoms. The standard InChI is InChI=1S/C32H44N6O6/c1-19(2)15-27(37-29(40)24(34)17-21-18-35-25-8-4-3-7-23(21)25)30(41)38-28(16-20-10-12-22(39)13-11-20)31(42)36-26(32(43)44)9-5-6-14-33/h3-4,7-8,10-13,18-19,24,26-28,35,39H,5-6,9,14-17,33-34H2,1-2H3,(H,36,42)(H,37,40)(H,38,41)(H,43,44). The second kappa shape index (κ2) is 16.4. The van der Waals surface area contributed by atoms with Crippen molar-refractivity contribution in [3.8, 4) is 5.75 Å². The van der Waals surface area contributed by atoms with Gasteiger partial charge in [-0.2, -0.15) is 0 Å². The van der Waals surface area contributed by atoms with Crippen LogP contribution >= 0.6 is 0 Å². The molecule has 12 nitrogen and oxygen atoms in total. The monoisotopic (exact) mass is 608 g/mol. The molecule has 4 atom stereocenters. The molecule has 10 N–H and O–H groups in total. The topological polar surface area (TPSA) is 213 Å². The van der Waals surface area contributed by atoms with E-state index in [4.69, 9.17) is 11.5 Å². The van der Waals surface area contributed by atoms with Crippen LogP contribution < -0.4 is 27.4 Å². The van der Waals surface area contributed by atoms with Crippen molar-refractivity contribution < 1.29 is 29.4 Å². The van der Waals surface area contributed by atoms with Crippen molar-refractivity contribution in [1.82, 2.24) is 20.9 Å². The number of carboxylic acid groups (broad SMARTS) is 1. The molecule has 0 saturated carbocycles. The highest BCUT2D eigenvalue weighted by Crippen LogP contribution is 2.19. The maximum atomic E-state index is 13.6. The molecule has 3 aromatic rings. The number of aliphatic carboxylic acids is 1. The number of phenols is 1. The summed E-state index contributed by atoms with van der Waals surface area (Å²) < 4.78 is 0. The van der Waals surface area contributed by atoms with Crippen LogP contribution in [0.1, 0.15) is 50.7 Å². The molecule has 0 radical (unpaired) electrons. The Morgan fingerprint density at radius 1 is 0.841 bits per heavy atom. The van der Waals surface area contributed by atoms with E-state index >= 15 is 0 Å². The molecule has 0 saturated heterocycles. The minimum absolute atomic E-state index is 0.0132. The molecule has 0 aliphatic rings. The number of benzene rings is 2. The van der Waals surface area contributed by atoms with Gasteiger partial charge in [-0.3, -0.25) is 14.4 Å². The molecule has 1 aromatic heterocycles. The first-order chi connectivity index (χ1) is 21.0. The zero-order chi connectivity index (χ0) is 32.2. The maximum Gasteiger partial charge on any atom is 0.326 e. The number of nitrogens with one attached hydrogen (secondary N) is 4. The van der Waals surface area contributed by atoms with Gasteiger partial charge in [0.25, 0.3) is 0 Å². The van der Waals surface area contributed by atoms with Gasteiger partial charge >= 0.3 is 5.97 Å². The summed E-state index contributed by atoms with van der Waals surface area (Å²) in [5.74, 6) is -2.94. The van der Waals surface area contributed by atoms with Gasteiger partial charge in [0, 0.05) is 23.5 Å². The molecular formula is C32H44N6O6. The lowest BCUT2D eigenvalue weighted by atomic mass is 9.99. The zero-order valence-electron chi connectivity index (χ0n) is 25.2. The van der Waals surface area contributed by atoms with Crippen molar-refractivity contribution in [2.45, 2.75) is 76.5 Å². The van der Waals surface area contributed by atoms with Crippen LogP contribution in [-0.4, -0.2) is 69.6 Å². The molecule has 1 heterocycles. The first kappa shape index (κ1) is 34.1. The number of phenolic OH excluding ortho intramolecular Hbond substituents is 1. The number of fused-ring (bicyclic) bond motifs is 1. The van der Waals surface area contributed by atoms with Crippen LogP contribution in [0.4, 0.5) is 0 Å². The number of nitrogens with two attached hydrogens (primary N) is 2. The van der Waals surface area contributed by atoms with Crippen LogP contribution in [0.5, 0.6) is 5.75 Å². The van der Waals surface area contributed by atoms with E-state index in [0.29, 0.717) is 24.9 Å². The van der Waals surface area contributed by atoms with Crippen LogP contribution in [0, 0.1) is 5.92 Å². The number of carbonyl (C=O) groups is 4. The van der Waals surface area contributed by atoms with E-state index in [1.54, 1.807) is 12.1 Å². The van der Waals surface area contributed by atoms with Gasteiger partial charge in [0.15, 0.2) is 0 Å². The van der Waals surface area contributed by atoms with Gasteiger partial charge in [0.2, 0.25) is 17.7 Å². The Morgan fingerprint density at radius 3 is 2.14 bits per heavy atom. The Hall–Kier alpha value is -4.42. The van der Waals surface area contributed by atoms with E-state index in [1.807, 2.05) is 44.3 Å². The summed E-state index contributed by atoms with van der Waals surface area (Å²) in [7, 11) is 0. The van der Waals surface area contributed by atoms with Crippen LogP contribution in [0.25, 0.3) is 10.9 Å². The highest BCUT2D eigenvalue weighted by molar-refractivity contribution is 5.94. The normalized spacial score (nSPS) is 14.0. The largest absolute Gasteiger partial charge is 0.508 e. The van der Waals surface area contributed by atoms with Gasteiger partial charge in [-0.15, -0.1) is 0 Å². The molecule has 0 aliphatic heterocycles. The lowest BCUT2D eigenvalue weighted by Crippen LogP contribution is -2.58. The Morgan fingerprint density at radius 2 is 1.48 bits per heavy atom. The van der Waals surface area contributed by atoms with Gasteiger partial charge < -0.3 is 42.6 Å². The lowest BCUT2D eigenvalue weighted by Gasteiger charge is -2.26. The summed E-state index contributed by atoms with van der Waals surface area (Å²) in [6, 6.07) is 9.54. The molecule has 3 rings (SSSR count). The van der Waals surface area contributed by atoms with E-state index in [0.717, 1.165) is 16.5 Å². The fourth-order valence-electron chi connectivity index (χ4n) is 4.98. The van der Waals surface area contributed by atoms with E-state index in [9.17, 15) is 29.4 Å². The van der Waals surface area contributed by atoms with Gasteiger partial charge in [-0.25, -0.2) is 4.79 Å². The lowest BCUT2D eigenvalue weighted by molar-refractivity contribution is -0.142. The number of hydrogen-bond acceptors (Lipinski definition) is 7. The van der Waals surface area contributed by atoms with Crippen molar-refractivity contribution >= 4 is 34.6 Å². The summed E-state index contributed by atoms with van der Waals surface area (Å²) in [6.45, 7) is 4.20. The fourth-order valence-corrected chi connectivity index (χ4v) is 4.98. The Bertz CT molecular complexity index is 1410. The third-order valence-electron chi connectivity index (χ3n) is 7.36. The van der Waals surface area contributed by atoms with E-state index in [-0.39, 0.29) is 37.4 Å². The molecule has 0 aliphatic carbocycles. The number of unbranched alkanes of at least 4 members (excludes halogenated alkanes) is 1. The van der Waals surface area contributed by atoms with Crippen molar-refractivity contribution in [3.63, 3.8) is 0 Å². The first-order valence-corrected chi connectivity index (χ1v) is 14.9.